The van der Waals surface area contributed by atoms with Gasteiger partial charge in [0, 0.05) is 25.3 Å². The van der Waals surface area contributed by atoms with Gasteiger partial charge in [0.05, 0.1) is 16.9 Å². The zero-order valence-corrected chi connectivity index (χ0v) is 11.4. The van der Waals surface area contributed by atoms with E-state index < -0.39 is 5.76 Å². The lowest BCUT2D eigenvalue weighted by atomic mass is 9.92. The first-order chi connectivity index (χ1) is 9.63. The number of H-pyrrole nitrogens is 1. The zero-order valence-electron chi connectivity index (χ0n) is 11.4. The molecular formula is C14H19N3O3. The Bertz CT molecular complexity index is 655. The summed E-state index contributed by atoms with van der Waals surface area (Å²) >= 11 is 0. The first-order valence-electron chi connectivity index (χ1n) is 6.90. The Hall–Kier alpha value is -1.95. The summed E-state index contributed by atoms with van der Waals surface area (Å²) in [6.45, 7) is 3.79. The Morgan fingerprint density at radius 2 is 2.15 bits per heavy atom. The van der Waals surface area contributed by atoms with Crippen molar-refractivity contribution in [2.45, 2.75) is 25.8 Å². The second-order valence-corrected chi connectivity index (χ2v) is 5.33. The predicted molar refractivity (Wildman–Crippen MR) is 77.9 cm³/mol. The lowest BCUT2D eigenvalue weighted by Crippen LogP contribution is -2.31. The molecule has 0 bridgehead atoms. The maximum Gasteiger partial charge on any atom is 0.417 e. The van der Waals surface area contributed by atoms with E-state index in [4.69, 9.17) is 14.9 Å². The van der Waals surface area contributed by atoms with Gasteiger partial charge in [-0.3, -0.25) is 4.98 Å². The van der Waals surface area contributed by atoms with E-state index in [1.165, 1.54) is 0 Å². The molecule has 6 heteroatoms. The summed E-state index contributed by atoms with van der Waals surface area (Å²) in [6, 6.07) is 3.80. The summed E-state index contributed by atoms with van der Waals surface area (Å²) in [5.74, 6) is 0.108. The fourth-order valence-electron chi connectivity index (χ4n) is 2.72. The van der Waals surface area contributed by atoms with E-state index >= 15 is 0 Å². The van der Waals surface area contributed by atoms with Crippen LogP contribution in [0.25, 0.3) is 11.1 Å². The van der Waals surface area contributed by atoms with Gasteiger partial charge in [-0.05, 0) is 31.7 Å². The highest BCUT2D eigenvalue weighted by atomic mass is 16.5. The number of aromatic amines is 1. The number of fused-ring (bicyclic) bond motifs is 1. The quantitative estimate of drug-likeness (QED) is 0.745. The van der Waals surface area contributed by atoms with Crippen LogP contribution in [0, 0.1) is 5.92 Å². The number of aromatic nitrogens is 1. The summed E-state index contributed by atoms with van der Waals surface area (Å²) in [5.41, 5.74) is 8.56. The molecule has 1 aromatic heterocycles. The van der Waals surface area contributed by atoms with Gasteiger partial charge >= 0.3 is 5.76 Å². The average molecular weight is 277 g/mol. The van der Waals surface area contributed by atoms with Crippen molar-refractivity contribution >= 4 is 22.5 Å². The van der Waals surface area contributed by atoms with Gasteiger partial charge in [0.2, 0.25) is 0 Å². The molecule has 0 spiro atoms. The molecule has 1 saturated heterocycles. The number of nitrogen functional groups attached to an aromatic ring is 1. The molecule has 0 aliphatic carbocycles. The molecule has 2 aromatic rings. The lowest BCUT2D eigenvalue weighted by Gasteiger charge is -2.29. The van der Waals surface area contributed by atoms with Gasteiger partial charge in [-0.25, -0.2) is 4.79 Å². The fraction of sp³-hybridized carbons (Fsp3) is 0.500. The van der Waals surface area contributed by atoms with E-state index in [9.17, 15) is 4.79 Å². The highest BCUT2D eigenvalue weighted by molar-refractivity contribution is 5.85. The van der Waals surface area contributed by atoms with Gasteiger partial charge in [-0.1, -0.05) is 0 Å². The van der Waals surface area contributed by atoms with Crippen LogP contribution < -0.4 is 16.8 Å². The van der Waals surface area contributed by atoms with Crippen LogP contribution >= 0.6 is 0 Å². The van der Waals surface area contributed by atoms with Crippen LogP contribution in [0.5, 0.6) is 0 Å². The Kier molecular flexibility index (Phi) is 3.40. The molecular weight excluding hydrogens is 258 g/mol. The van der Waals surface area contributed by atoms with Crippen LogP contribution in [0.2, 0.25) is 0 Å². The third-order valence-corrected chi connectivity index (χ3v) is 3.95. The van der Waals surface area contributed by atoms with Crippen molar-refractivity contribution in [3.8, 4) is 0 Å². The predicted octanol–water partition coefficient (Wildman–Crippen LogP) is 1.93. The van der Waals surface area contributed by atoms with Crippen molar-refractivity contribution in [2.75, 3.05) is 24.3 Å². The topological polar surface area (TPSA) is 93.3 Å². The molecule has 108 valence electrons. The summed E-state index contributed by atoms with van der Waals surface area (Å²) in [7, 11) is 0. The van der Waals surface area contributed by atoms with Gasteiger partial charge < -0.3 is 20.2 Å². The van der Waals surface area contributed by atoms with Gasteiger partial charge in [0.1, 0.15) is 0 Å². The average Bonchev–Trinajstić information content (AvgIpc) is 2.79. The summed E-state index contributed by atoms with van der Waals surface area (Å²) in [5, 5.41) is 3.44. The van der Waals surface area contributed by atoms with E-state index in [-0.39, 0.29) is 0 Å². The molecule has 1 aliphatic rings. The Morgan fingerprint density at radius 3 is 2.90 bits per heavy atom. The molecule has 20 heavy (non-hydrogen) atoms. The molecule has 0 radical (unpaired) electrons. The maximum atomic E-state index is 11.2. The van der Waals surface area contributed by atoms with E-state index in [0.717, 1.165) is 31.7 Å². The highest BCUT2D eigenvalue weighted by Gasteiger charge is 2.21. The number of oxazole rings is 1. The molecule has 1 fully saturated rings. The standard InChI is InChI=1S/C14H19N3O3/c1-8(9-2-4-19-5-3-9)16-11-7-12-13(6-10(11)15)20-14(18)17-12/h6-9,16H,2-5,15H2,1H3,(H,17,18). The number of hydrogen-bond acceptors (Lipinski definition) is 5. The molecule has 2 heterocycles. The second-order valence-electron chi connectivity index (χ2n) is 5.33. The van der Waals surface area contributed by atoms with Crippen molar-refractivity contribution in [3.05, 3.63) is 22.7 Å². The third kappa shape index (κ3) is 2.51. The molecule has 0 amide bonds. The zero-order chi connectivity index (χ0) is 14.1. The van der Waals surface area contributed by atoms with Crippen molar-refractivity contribution < 1.29 is 9.15 Å². The first-order valence-corrected chi connectivity index (χ1v) is 6.90. The van der Waals surface area contributed by atoms with Gasteiger partial charge in [-0.2, -0.15) is 0 Å². The molecule has 1 aliphatic heterocycles. The fourth-order valence-corrected chi connectivity index (χ4v) is 2.72. The lowest BCUT2D eigenvalue weighted by molar-refractivity contribution is 0.0622. The van der Waals surface area contributed by atoms with Crippen molar-refractivity contribution in [1.29, 1.82) is 0 Å². The minimum Gasteiger partial charge on any atom is -0.408 e. The Morgan fingerprint density at radius 1 is 1.40 bits per heavy atom. The minimum atomic E-state index is -0.464. The van der Waals surface area contributed by atoms with Crippen molar-refractivity contribution in [3.63, 3.8) is 0 Å². The van der Waals surface area contributed by atoms with Crippen molar-refractivity contribution in [1.82, 2.24) is 4.98 Å². The summed E-state index contributed by atoms with van der Waals surface area (Å²) in [4.78, 5) is 13.8. The van der Waals surface area contributed by atoms with Crippen molar-refractivity contribution in [2.24, 2.45) is 5.92 Å². The van der Waals surface area contributed by atoms with Gasteiger partial charge in [0.15, 0.2) is 5.58 Å². The second kappa shape index (κ2) is 5.20. The van der Waals surface area contributed by atoms with E-state index in [2.05, 4.69) is 17.2 Å². The van der Waals surface area contributed by atoms with Crippen LogP contribution in [0.15, 0.2) is 21.3 Å². The normalized spacial score (nSPS) is 18.2. The van der Waals surface area contributed by atoms with Crippen LogP contribution in [0.4, 0.5) is 11.4 Å². The molecule has 3 rings (SSSR count). The number of benzene rings is 1. The van der Waals surface area contributed by atoms with E-state index in [1.54, 1.807) is 6.07 Å². The van der Waals surface area contributed by atoms with Gasteiger partial charge in [-0.15, -0.1) is 0 Å². The Labute approximate surface area is 116 Å². The van der Waals surface area contributed by atoms with Crippen LogP contribution in [-0.4, -0.2) is 24.2 Å². The first kappa shape index (κ1) is 13.1. The molecule has 4 N–H and O–H groups in total. The van der Waals surface area contributed by atoms with Gasteiger partial charge in [0.25, 0.3) is 0 Å². The highest BCUT2D eigenvalue weighted by Crippen LogP contribution is 2.28. The number of nitrogens with one attached hydrogen (secondary N) is 2. The SMILES string of the molecule is CC(Nc1cc2[nH]c(=O)oc2cc1N)C1CCOCC1. The minimum absolute atomic E-state index is 0.303. The molecule has 1 atom stereocenters. The van der Waals surface area contributed by atoms with Crippen LogP contribution in [0.3, 0.4) is 0 Å². The Balaban J connectivity index is 1.82. The summed E-state index contributed by atoms with van der Waals surface area (Å²) < 4.78 is 10.4. The number of anilines is 2. The molecule has 1 aromatic carbocycles. The molecule has 6 nitrogen and oxygen atoms in total. The number of nitrogens with two attached hydrogens (primary N) is 1. The summed E-state index contributed by atoms with van der Waals surface area (Å²) in [6.07, 6.45) is 2.11. The molecule has 1 unspecified atom stereocenters. The largest absolute Gasteiger partial charge is 0.417 e. The van der Waals surface area contributed by atoms with E-state index in [1.807, 2.05) is 6.07 Å². The monoisotopic (exact) mass is 277 g/mol. The van der Waals surface area contributed by atoms with Crippen LogP contribution in [0.1, 0.15) is 19.8 Å². The number of ether oxygens (including phenoxy) is 1. The van der Waals surface area contributed by atoms with Crippen LogP contribution in [-0.2, 0) is 4.74 Å². The third-order valence-electron chi connectivity index (χ3n) is 3.95. The maximum absolute atomic E-state index is 11.2. The molecule has 0 saturated carbocycles. The van der Waals surface area contributed by atoms with E-state index in [0.29, 0.717) is 28.7 Å². The number of rotatable bonds is 3. The smallest absolute Gasteiger partial charge is 0.408 e. The number of hydrogen-bond donors (Lipinski definition) is 3.